The maximum Gasteiger partial charge on any atom is 0.307 e. The molecule has 138 valence electrons. The molecule has 1 amide bonds. The Labute approximate surface area is 157 Å². The van der Waals surface area contributed by atoms with Gasteiger partial charge in [0.15, 0.2) is 0 Å². The highest BCUT2D eigenvalue weighted by Crippen LogP contribution is 2.26. The van der Waals surface area contributed by atoms with Gasteiger partial charge in [-0.25, -0.2) is 4.98 Å². The summed E-state index contributed by atoms with van der Waals surface area (Å²) in [5.41, 5.74) is 0. The lowest BCUT2D eigenvalue weighted by Gasteiger charge is -2.36. The zero-order chi connectivity index (χ0) is 18.6. The third kappa shape index (κ3) is 5.45. The van der Waals surface area contributed by atoms with Crippen molar-refractivity contribution in [3.8, 4) is 0 Å². The van der Waals surface area contributed by atoms with Gasteiger partial charge in [-0.15, -0.1) is 0 Å². The molecule has 0 spiro atoms. The van der Waals surface area contributed by atoms with Gasteiger partial charge in [0.2, 0.25) is 5.91 Å². The van der Waals surface area contributed by atoms with Gasteiger partial charge >= 0.3 is 5.97 Å². The van der Waals surface area contributed by atoms with E-state index < -0.39 is 11.9 Å². The number of carboxylic acids is 1. The van der Waals surface area contributed by atoms with E-state index in [-0.39, 0.29) is 12.5 Å². The zero-order valence-electron chi connectivity index (χ0n) is 14.3. The summed E-state index contributed by atoms with van der Waals surface area (Å²) in [6, 6.07) is 1.65. The molecule has 0 saturated carbocycles. The number of carboxylic acid groups (broad SMARTS) is 1. The number of likely N-dealkylation sites (N-methyl/N-ethyl adjacent to an activating group) is 1. The largest absolute Gasteiger partial charge is 0.481 e. The van der Waals surface area contributed by atoms with Crippen LogP contribution < -0.4 is 4.90 Å². The van der Waals surface area contributed by atoms with Crippen LogP contribution in [0.1, 0.15) is 6.92 Å². The van der Waals surface area contributed by atoms with E-state index in [2.05, 4.69) is 4.98 Å². The molecule has 1 atom stereocenters. The molecule has 7 nitrogen and oxygen atoms in total. The van der Waals surface area contributed by atoms with Gasteiger partial charge in [0.1, 0.15) is 5.82 Å². The molecule has 0 aliphatic carbocycles. The number of nitrogens with zero attached hydrogens (tertiary/aromatic N) is 4. The molecule has 1 fully saturated rings. The first kappa shape index (κ1) is 19.8. The number of anilines is 1. The summed E-state index contributed by atoms with van der Waals surface area (Å²) in [5.74, 6) is -0.700. The van der Waals surface area contributed by atoms with E-state index in [0.29, 0.717) is 48.6 Å². The number of amides is 1. The molecule has 1 aliphatic heterocycles. The van der Waals surface area contributed by atoms with Gasteiger partial charge in [0, 0.05) is 38.9 Å². The van der Waals surface area contributed by atoms with E-state index in [4.69, 9.17) is 28.3 Å². The molecular formula is C16H22Cl2N4O3. The van der Waals surface area contributed by atoms with Crippen LogP contribution >= 0.6 is 23.2 Å². The number of aliphatic carboxylic acids is 1. The molecule has 1 aromatic heterocycles. The summed E-state index contributed by atoms with van der Waals surface area (Å²) in [6.45, 7) is 4.59. The van der Waals surface area contributed by atoms with Crippen LogP contribution in [0.2, 0.25) is 10.0 Å². The van der Waals surface area contributed by atoms with E-state index in [9.17, 15) is 9.59 Å². The first-order valence-electron chi connectivity index (χ1n) is 8.03. The zero-order valence-corrected chi connectivity index (χ0v) is 15.8. The van der Waals surface area contributed by atoms with Crippen molar-refractivity contribution in [2.75, 3.05) is 51.2 Å². The minimum Gasteiger partial charge on any atom is -0.481 e. The fraction of sp³-hybridized carbons (Fsp3) is 0.562. The number of carbonyl (C=O) groups is 2. The Hall–Kier alpha value is -1.57. The van der Waals surface area contributed by atoms with Gasteiger partial charge in [-0.05, 0) is 13.1 Å². The van der Waals surface area contributed by atoms with Crippen LogP contribution in [0.3, 0.4) is 0 Å². The number of hydrogen-bond acceptors (Lipinski definition) is 5. The monoisotopic (exact) mass is 388 g/mol. The molecule has 2 heterocycles. The Morgan fingerprint density at radius 3 is 2.52 bits per heavy atom. The van der Waals surface area contributed by atoms with Crippen molar-refractivity contribution in [1.29, 1.82) is 0 Å². The van der Waals surface area contributed by atoms with Crippen molar-refractivity contribution in [1.82, 2.24) is 14.8 Å². The predicted octanol–water partition coefficient (Wildman–Crippen LogP) is 1.69. The Morgan fingerprint density at radius 1 is 1.32 bits per heavy atom. The first-order valence-corrected chi connectivity index (χ1v) is 8.78. The quantitative estimate of drug-likeness (QED) is 0.798. The number of rotatable bonds is 6. The molecular weight excluding hydrogens is 367 g/mol. The Bertz CT molecular complexity index is 636. The molecule has 0 bridgehead atoms. The van der Waals surface area contributed by atoms with Crippen LogP contribution in [-0.2, 0) is 9.59 Å². The highest BCUT2D eigenvalue weighted by Gasteiger charge is 2.24. The fourth-order valence-electron chi connectivity index (χ4n) is 2.75. The number of piperazine rings is 1. The third-order valence-corrected chi connectivity index (χ3v) is 4.62. The lowest BCUT2D eigenvalue weighted by molar-refractivity contribution is -0.142. The minimum atomic E-state index is -0.861. The summed E-state index contributed by atoms with van der Waals surface area (Å²) < 4.78 is 0. The average Bonchev–Trinajstić information content (AvgIpc) is 2.54. The SMILES string of the molecule is CC(CN(C)CC(=O)N1CCN(c2ncc(Cl)cc2Cl)CC1)C(=O)O. The van der Waals surface area contributed by atoms with Crippen LogP contribution in [0.5, 0.6) is 0 Å². The predicted molar refractivity (Wildman–Crippen MR) is 97.3 cm³/mol. The van der Waals surface area contributed by atoms with Crippen molar-refractivity contribution < 1.29 is 14.7 Å². The maximum absolute atomic E-state index is 12.4. The molecule has 1 unspecified atom stereocenters. The number of carbonyl (C=O) groups excluding carboxylic acids is 1. The van der Waals surface area contributed by atoms with Crippen LogP contribution in [0, 0.1) is 5.92 Å². The standard InChI is InChI=1S/C16H22Cl2N4O3/c1-11(16(24)25)9-20(2)10-14(23)21-3-5-22(6-4-21)15-13(18)7-12(17)8-19-15/h7-8,11H,3-6,9-10H2,1-2H3,(H,24,25). The lowest BCUT2D eigenvalue weighted by atomic mass is 10.2. The molecule has 2 rings (SSSR count). The summed E-state index contributed by atoms with van der Waals surface area (Å²) in [7, 11) is 1.75. The van der Waals surface area contributed by atoms with Crippen LogP contribution in [0.4, 0.5) is 5.82 Å². The minimum absolute atomic E-state index is 0.00472. The van der Waals surface area contributed by atoms with Crippen molar-refractivity contribution in [3.63, 3.8) is 0 Å². The molecule has 1 aromatic rings. The Balaban J connectivity index is 1.85. The molecule has 0 aromatic carbocycles. The van der Waals surface area contributed by atoms with Gasteiger partial charge in [0.25, 0.3) is 0 Å². The first-order chi connectivity index (χ1) is 11.8. The van der Waals surface area contributed by atoms with Crippen LogP contribution in [0.15, 0.2) is 12.3 Å². The van der Waals surface area contributed by atoms with Gasteiger partial charge in [0.05, 0.1) is 22.5 Å². The van der Waals surface area contributed by atoms with Crippen molar-refractivity contribution in [3.05, 3.63) is 22.3 Å². The van der Waals surface area contributed by atoms with Crippen molar-refractivity contribution >= 4 is 40.9 Å². The summed E-state index contributed by atoms with van der Waals surface area (Å²) in [6.07, 6.45) is 1.55. The third-order valence-electron chi connectivity index (χ3n) is 4.13. The molecule has 1 aliphatic rings. The smallest absolute Gasteiger partial charge is 0.307 e. The maximum atomic E-state index is 12.4. The van der Waals surface area contributed by atoms with Crippen molar-refractivity contribution in [2.24, 2.45) is 5.92 Å². The van der Waals surface area contributed by atoms with E-state index in [0.717, 1.165) is 0 Å². The molecule has 1 N–H and O–H groups in total. The average molecular weight is 389 g/mol. The second-order valence-corrected chi connectivity index (χ2v) is 7.11. The number of hydrogen-bond donors (Lipinski definition) is 1. The number of halogens is 2. The topological polar surface area (TPSA) is 77.0 Å². The van der Waals surface area contributed by atoms with Gasteiger partial charge in [-0.1, -0.05) is 30.1 Å². The fourth-order valence-corrected chi connectivity index (χ4v) is 3.25. The normalized spacial score (nSPS) is 16.2. The van der Waals surface area contributed by atoms with Crippen LogP contribution in [0.25, 0.3) is 0 Å². The second kappa shape index (κ2) is 8.69. The summed E-state index contributed by atoms with van der Waals surface area (Å²) >= 11 is 12.0. The highest BCUT2D eigenvalue weighted by atomic mass is 35.5. The van der Waals surface area contributed by atoms with E-state index >= 15 is 0 Å². The summed E-state index contributed by atoms with van der Waals surface area (Å²) in [4.78, 5) is 33.1. The highest BCUT2D eigenvalue weighted by molar-refractivity contribution is 6.36. The molecule has 25 heavy (non-hydrogen) atoms. The van der Waals surface area contributed by atoms with Gasteiger partial charge in [-0.2, -0.15) is 0 Å². The summed E-state index contributed by atoms with van der Waals surface area (Å²) in [5, 5.41) is 9.92. The van der Waals surface area contributed by atoms with E-state index in [1.807, 2.05) is 4.90 Å². The number of pyridine rings is 1. The number of aromatic nitrogens is 1. The van der Waals surface area contributed by atoms with E-state index in [1.54, 1.807) is 36.0 Å². The Kier molecular flexibility index (Phi) is 6.87. The lowest BCUT2D eigenvalue weighted by Crippen LogP contribution is -2.51. The molecule has 1 saturated heterocycles. The van der Waals surface area contributed by atoms with Crippen molar-refractivity contribution in [2.45, 2.75) is 6.92 Å². The van der Waals surface area contributed by atoms with E-state index in [1.165, 1.54) is 0 Å². The van der Waals surface area contributed by atoms with Gasteiger partial charge < -0.3 is 14.9 Å². The molecule has 0 radical (unpaired) electrons. The Morgan fingerprint density at radius 2 is 1.96 bits per heavy atom. The molecule has 9 heteroatoms. The second-order valence-electron chi connectivity index (χ2n) is 6.26. The van der Waals surface area contributed by atoms with Crippen LogP contribution in [-0.4, -0.2) is 78.1 Å². The van der Waals surface area contributed by atoms with Gasteiger partial charge in [-0.3, -0.25) is 14.5 Å².